The van der Waals surface area contributed by atoms with E-state index < -0.39 is 29.5 Å². The third-order valence-corrected chi connectivity index (χ3v) is 2.53. The quantitative estimate of drug-likeness (QED) is 0.816. The molecular formula is C13H16F2N2O3. The van der Waals surface area contributed by atoms with Gasteiger partial charge >= 0.3 is 0 Å². The van der Waals surface area contributed by atoms with Crippen molar-refractivity contribution in [2.24, 2.45) is 0 Å². The second-order valence-electron chi connectivity index (χ2n) is 3.93. The minimum absolute atomic E-state index is 0.146. The van der Waals surface area contributed by atoms with E-state index >= 15 is 0 Å². The zero-order valence-corrected chi connectivity index (χ0v) is 11.2. The van der Waals surface area contributed by atoms with Gasteiger partial charge in [-0.25, -0.2) is 8.78 Å². The van der Waals surface area contributed by atoms with E-state index in [1.54, 1.807) is 6.92 Å². The molecule has 1 aromatic rings. The number of nitrogens with one attached hydrogen (secondary N) is 2. The third kappa shape index (κ3) is 4.27. The van der Waals surface area contributed by atoms with Crippen LogP contribution >= 0.6 is 0 Å². The molecule has 110 valence electrons. The Morgan fingerprint density at radius 1 is 1.30 bits per heavy atom. The number of rotatable bonds is 6. The van der Waals surface area contributed by atoms with Crippen LogP contribution in [-0.4, -0.2) is 32.1 Å². The maximum absolute atomic E-state index is 13.2. The molecular weight excluding hydrogens is 270 g/mol. The molecule has 2 amide bonds. The van der Waals surface area contributed by atoms with Crippen LogP contribution in [0.2, 0.25) is 0 Å². The van der Waals surface area contributed by atoms with Gasteiger partial charge < -0.3 is 15.4 Å². The molecule has 0 fully saturated rings. The van der Waals surface area contributed by atoms with Gasteiger partial charge in [-0.15, -0.1) is 0 Å². The van der Waals surface area contributed by atoms with Crippen molar-refractivity contribution in [3.63, 3.8) is 0 Å². The first-order valence-corrected chi connectivity index (χ1v) is 6.03. The molecule has 0 aromatic heterocycles. The molecule has 0 aliphatic rings. The van der Waals surface area contributed by atoms with Gasteiger partial charge in [0.25, 0.3) is 0 Å². The maximum atomic E-state index is 13.2. The summed E-state index contributed by atoms with van der Waals surface area (Å²) in [5, 5.41) is 4.75. The largest absolute Gasteiger partial charge is 0.372 e. The van der Waals surface area contributed by atoms with Crippen LogP contribution in [0, 0.1) is 11.6 Å². The van der Waals surface area contributed by atoms with E-state index in [1.807, 2.05) is 0 Å². The zero-order valence-electron chi connectivity index (χ0n) is 11.2. The topological polar surface area (TPSA) is 67.4 Å². The normalized spacial score (nSPS) is 11.8. The minimum Gasteiger partial charge on any atom is -0.372 e. The predicted molar refractivity (Wildman–Crippen MR) is 67.8 cm³/mol. The molecule has 0 aliphatic heterocycles. The summed E-state index contributed by atoms with van der Waals surface area (Å²) >= 11 is 0. The van der Waals surface area contributed by atoms with Crippen LogP contribution in [0.3, 0.4) is 0 Å². The second-order valence-corrected chi connectivity index (χ2v) is 3.93. The Kier molecular flexibility index (Phi) is 6.05. The molecule has 0 bridgehead atoms. The van der Waals surface area contributed by atoms with Crippen molar-refractivity contribution in [3.05, 3.63) is 35.4 Å². The molecule has 0 saturated heterocycles. The van der Waals surface area contributed by atoms with Gasteiger partial charge in [-0.05, 0) is 24.6 Å². The number of benzene rings is 1. The highest BCUT2D eigenvalue weighted by atomic mass is 19.2. The molecule has 1 aromatic carbocycles. The van der Waals surface area contributed by atoms with E-state index in [9.17, 15) is 18.4 Å². The van der Waals surface area contributed by atoms with Gasteiger partial charge in [0.1, 0.15) is 12.6 Å². The third-order valence-electron chi connectivity index (χ3n) is 2.53. The van der Waals surface area contributed by atoms with Crippen molar-refractivity contribution in [3.8, 4) is 0 Å². The van der Waals surface area contributed by atoms with Crippen molar-refractivity contribution < 1.29 is 23.1 Å². The fourth-order valence-corrected chi connectivity index (χ4v) is 1.53. The van der Waals surface area contributed by atoms with Crippen LogP contribution in [0.15, 0.2) is 18.2 Å². The highest BCUT2D eigenvalue weighted by molar-refractivity contribution is 5.88. The van der Waals surface area contributed by atoms with Crippen LogP contribution < -0.4 is 10.6 Å². The lowest BCUT2D eigenvalue weighted by Crippen LogP contribution is -2.40. The smallest absolute Gasteiger partial charge is 0.246 e. The molecule has 0 spiro atoms. The average Bonchev–Trinajstić information content (AvgIpc) is 2.44. The van der Waals surface area contributed by atoms with Gasteiger partial charge in [0.15, 0.2) is 11.6 Å². The van der Waals surface area contributed by atoms with Gasteiger partial charge in [0.05, 0.1) is 0 Å². The van der Waals surface area contributed by atoms with E-state index in [1.165, 1.54) is 13.1 Å². The fraction of sp³-hybridized carbons (Fsp3) is 0.385. The van der Waals surface area contributed by atoms with Crippen LogP contribution in [0.5, 0.6) is 0 Å². The fourth-order valence-electron chi connectivity index (χ4n) is 1.53. The van der Waals surface area contributed by atoms with Gasteiger partial charge in [0, 0.05) is 13.7 Å². The summed E-state index contributed by atoms with van der Waals surface area (Å²) in [5.74, 6) is -3.17. The van der Waals surface area contributed by atoms with Crippen molar-refractivity contribution in [2.45, 2.75) is 13.0 Å². The van der Waals surface area contributed by atoms with Crippen molar-refractivity contribution >= 4 is 11.8 Å². The molecule has 1 rings (SSSR count). The lowest BCUT2D eigenvalue weighted by molar-refractivity contribution is -0.131. The predicted octanol–water partition coefficient (Wildman–Crippen LogP) is 0.905. The van der Waals surface area contributed by atoms with Crippen LogP contribution in [-0.2, 0) is 14.3 Å². The first-order chi connectivity index (χ1) is 9.49. The first-order valence-electron chi connectivity index (χ1n) is 6.03. The summed E-state index contributed by atoms with van der Waals surface area (Å²) in [5.41, 5.74) is 0.146. The molecule has 1 unspecified atom stereocenters. The van der Waals surface area contributed by atoms with E-state index in [-0.39, 0.29) is 12.2 Å². The molecule has 5 nitrogen and oxygen atoms in total. The highest BCUT2D eigenvalue weighted by Gasteiger charge is 2.22. The van der Waals surface area contributed by atoms with Gasteiger partial charge in [0.2, 0.25) is 11.8 Å². The van der Waals surface area contributed by atoms with E-state index in [2.05, 4.69) is 10.6 Å². The summed E-state index contributed by atoms with van der Waals surface area (Å²) in [7, 11) is 1.38. The summed E-state index contributed by atoms with van der Waals surface area (Å²) in [6.45, 7) is 1.86. The summed E-state index contributed by atoms with van der Waals surface area (Å²) in [6, 6.07) is 1.90. The Bertz CT molecular complexity index is 495. The Balaban J connectivity index is 2.91. The van der Waals surface area contributed by atoms with E-state index in [0.29, 0.717) is 6.61 Å². The van der Waals surface area contributed by atoms with Crippen molar-refractivity contribution in [1.82, 2.24) is 10.6 Å². The SMILES string of the molecule is CCOCC(=O)NC(C(=O)NC)c1ccc(F)c(F)c1. The number of carbonyl (C=O) groups excluding carboxylic acids is 2. The van der Waals surface area contributed by atoms with Gasteiger partial charge in [-0.3, -0.25) is 9.59 Å². The molecule has 0 aliphatic carbocycles. The van der Waals surface area contributed by atoms with E-state index in [0.717, 1.165) is 12.1 Å². The number of hydrogen-bond acceptors (Lipinski definition) is 3. The van der Waals surface area contributed by atoms with Gasteiger partial charge in [-0.1, -0.05) is 6.07 Å². The Hall–Kier alpha value is -2.02. The maximum Gasteiger partial charge on any atom is 0.246 e. The molecule has 0 radical (unpaired) electrons. The van der Waals surface area contributed by atoms with Gasteiger partial charge in [-0.2, -0.15) is 0 Å². The average molecular weight is 286 g/mol. The minimum atomic E-state index is -1.11. The lowest BCUT2D eigenvalue weighted by atomic mass is 10.1. The highest BCUT2D eigenvalue weighted by Crippen LogP contribution is 2.16. The number of hydrogen-bond donors (Lipinski definition) is 2. The zero-order chi connectivity index (χ0) is 15.1. The molecule has 1 atom stereocenters. The number of amides is 2. The summed E-state index contributed by atoms with van der Waals surface area (Å²) in [6.07, 6.45) is 0. The Morgan fingerprint density at radius 3 is 2.55 bits per heavy atom. The van der Waals surface area contributed by atoms with Crippen LogP contribution in [0.25, 0.3) is 0 Å². The lowest BCUT2D eigenvalue weighted by Gasteiger charge is -2.17. The first kappa shape index (κ1) is 16.0. The molecule has 0 heterocycles. The van der Waals surface area contributed by atoms with Crippen molar-refractivity contribution in [1.29, 1.82) is 0 Å². The Labute approximate surface area is 115 Å². The van der Waals surface area contributed by atoms with Crippen LogP contribution in [0.1, 0.15) is 18.5 Å². The summed E-state index contributed by atoms with van der Waals surface area (Å²) < 4.78 is 31.0. The summed E-state index contributed by atoms with van der Waals surface area (Å²) in [4.78, 5) is 23.3. The number of halogens is 2. The van der Waals surface area contributed by atoms with Crippen LogP contribution in [0.4, 0.5) is 8.78 Å². The monoisotopic (exact) mass is 286 g/mol. The number of carbonyl (C=O) groups is 2. The molecule has 2 N–H and O–H groups in total. The second kappa shape index (κ2) is 7.54. The standard InChI is InChI=1S/C13H16F2N2O3/c1-3-20-7-11(18)17-12(13(19)16-2)8-4-5-9(14)10(15)6-8/h4-6,12H,3,7H2,1-2H3,(H,16,19)(H,17,18). The molecule has 7 heteroatoms. The van der Waals surface area contributed by atoms with Crippen molar-refractivity contribution in [2.75, 3.05) is 20.3 Å². The Morgan fingerprint density at radius 2 is 2.00 bits per heavy atom. The molecule has 0 saturated carbocycles. The molecule has 20 heavy (non-hydrogen) atoms. The number of likely N-dealkylation sites (N-methyl/N-ethyl adjacent to an activating group) is 1. The number of ether oxygens (including phenoxy) is 1. The van der Waals surface area contributed by atoms with E-state index in [4.69, 9.17) is 4.74 Å².